The van der Waals surface area contributed by atoms with E-state index in [0.29, 0.717) is 6.61 Å². The third-order valence-electron chi connectivity index (χ3n) is 6.20. The minimum atomic E-state index is -0.120. The highest BCUT2D eigenvalue weighted by atomic mass is 16.5. The molecule has 0 aliphatic heterocycles. The number of aromatic amines is 1. The predicted molar refractivity (Wildman–Crippen MR) is 138 cm³/mol. The summed E-state index contributed by atoms with van der Waals surface area (Å²) in [5.41, 5.74) is 12.8. The first-order valence-electron chi connectivity index (χ1n) is 11.4. The average Bonchev–Trinajstić information content (AvgIpc) is 3.29. The van der Waals surface area contributed by atoms with Gasteiger partial charge < -0.3 is 15.5 Å². The molecular weight excluding hydrogens is 420 g/mol. The van der Waals surface area contributed by atoms with Crippen LogP contribution in [0.3, 0.4) is 0 Å². The third-order valence-corrected chi connectivity index (χ3v) is 6.20. The number of para-hydroxylation sites is 2. The van der Waals surface area contributed by atoms with Crippen molar-refractivity contribution in [3.63, 3.8) is 0 Å². The van der Waals surface area contributed by atoms with Crippen LogP contribution in [0.4, 0.5) is 0 Å². The summed E-state index contributed by atoms with van der Waals surface area (Å²) in [4.78, 5) is 12.5. The topological polar surface area (TPSA) is 76.8 Å². The summed E-state index contributed by atoms with van der Waals surface area (Å²) in [5, 5.41) is 3.36. The fourth-order valence-corrected chi connectivity index (χ4v) is 4.44. The van der Waals surface area contributed by atoms with Gasteiger partial charge in [-0.1, -0.05) is 42.5 Å². The van der Waals surface area contributed by atoms with Crippen molar-refractivity contribution in [1.29, 1.82) is 0 Å². The van der Waals surface area contributed by atoms with E-state index in [4.69, 9.17) is 10.5 Å². The van der Waals surface area contributed by atoms with Crippen molar-refractivity contribution < 1.29 is 4.74 Å². The van der Waals surface area contributed by atoms with Crippen LogP contribution in [0.2, 0.25) is 0 Å². The molecule has 0 radical (unpaired) electrons. The lowest BCUT2D eigenvalue weighted by molar-refractivity contribution is 0.287. The van der Waals surface area contributed by atoms with Gasteiger partial charge in [-0.25, -0.2) is 0 Å². The Morgan fingerprint density at radius 2 is 1.59 bits per heavy atom. The standard InChI is InChI=1S/C29H24N4O/c30-24(13-23-16-32-29-8-4-2-6-26(23)29)18-34-25-14-21-11-19(9-10-28(21)33-17-25)22-12-20-5-1-3-7-27(20)31-15-22/h1-12,14-17,24,32H,13,18,30H2/t24-/m1/s1. The van der Waals surface area contributed by atoms with Crippen LogP contribution in [0.1, 0.15) is 5.56 Å². The second kappa shape index (κ2) is 8.61. The van der Waals surface area contributed by atoms with E-state index >= 15 is 0 Å². The van der Waals surface area contributed by atoms with Crippen molar-refractivity contribution in [3.8, 4) is 16.9 Å². The first-order chi connectivity index (χ1) is 16.7. The summed E-state index contributed by atoms with van der Waals surface area (Å²) in [6.07, 6.45) is 6.45. The Bertz CT molecular complexity index is 1620. The van der Waals surface area contributed by atoms with Gasteiger partial charge in [-0.15, -0.1) is 0 Å². The van der Waals surface area contributed by atoms with Gasteiger partial charge in [0.15, 0.2) is 0 Å². The molecule has 0 saturated carbocycles. The first-order valence-corrected chi connectivity index (χ1v) is 11.4. The Morgan fingerprint density at radius 3 is 2.56 bits per heavy atom. The number of H-pyrrole nitrogens is 1. The number of hydrogen-bond donors (Lipinski definition) is 2. The predicted octanol–water partition coefficient (Wildman–Crippen LogP) is 5.88. The molecule has 3 aromatic carbocycles. The summed E-state index contributed by atoms with van der Waals surface area (Å²) in [6.45, 7) is 0.418. The molecule has 6 aromatic rings. The zero-order chi connectivity index (χ0) is 22.9. The zero-order valence-electron chi connectivity index (χ0n) is 18.6. The van der Waals surface area contributed by atoms with Gasteiger partial charge in [-0.3, -0.25) is 9.97 Å². The highest BCUT2D eigenvalue weighted by Crippen LogP contribution is 2.27. The van der Waals surface area contributed by atoms with E-state index in [0.717, 1.165) is 50.6 Å². The Morgan fingerprint density at radius 1 is 0.794 bits per heavy atom. The molecule has 6 rings (SSSR count). The van der Waals surface area contributed by atoms with Crippen molar-refractivity contribution in [2.45, 2.75) is 12.5 Å². The van der Waals surface area contributed by atoms with Gasteiger partial charge in [0.1, 0.15) is 12.4 Å². The maximum atomic E-state index is 6.40. The highest BCUT2D eigenvalue weighted by Gasteiger charge is 2.10. The number of hydrogen-bond acceptors (Lipinski definition) is 4. The summed E-state index contributed by atoms with van der Waals surface area (Å²) in [5.74, 6) is 0.718. The summed E-state index contributed by atoms with van der Waals surface area (Å²) < 4.78 is 6.03. The summed E-state index contributed by atoms with van der Waals surface area (Å²) in [7, 11) is 0. The van der Waals surface area contributed by atoms with E-state index in [2.05, 4.69) is 51.4 Å². The fourth-order valence-electron chi connectivity index (χ4n) is 4.44. The molecule has 0 unspecified atom stereocenters. The molecule has 3 heterocycles. The largest absolute Gasteiger partial charge is 0.490 e. The molecule has 34 heavy (non-hydrogen) atoms. The van der Waals surface area contributed by atoms with Crippen LogP contribution in [0.25, 0.3) is 43.8 Å². The number of ether oxygens (including phenoxy) is 1. The van der Waals surface area contributed by atoms with Crippen LogP contribution in [-0.2, 0) is 6.42 Å². The SMILES string of the molecule is N[C@@H](COc1cnc2ccc(-c3cnc4ccccc4c3)cc2c1)Cc1c[nH]c2ccccc12. The van der Waals surface area contributed by atoms with E-state index in [-0.39, 0.29) is 6.04 Å². The Balaban J connectivity index is 1.20. The van der Waals surface area contributed by atoms with E-state index in [1.807, 2.05) is 54.9 Å². The van der Waals surface area contributed by atoms with E-state index in [9.17, 15) is 0 Å². The minimum absolute atomic E-state index is 0.120. The highest BCUT2D eigenvalue weighted by molar-refractivity contribution is 5.88. The zero-order valence-corrected chi connectivity index (χ0v) is 18.6. The summed E-state index contributed by atoms with van der Waals surface area (Å²) >= 11 is 0. The van der Waals surface area contributed by atoms with E-state index in [1.165, 1.54) is 10.9 Å². The smallest absolute Gasteiger partial charge is 0.138 e. The molecule has 166 valence electrons. The molecule has 3 N–H and O–H groups in total. The quantitative estimate of drug-likeness (QED) is 0.336. The van der Waals surface area contributed by atoms with Crippen LogP contribution < -0.4 is 10.5 Å². The number of nitrogens with two attached hydrogens (primary N) is 1. The first kappa shape index (κ1) is 20.4. The van der Waals surface area contributed by atoms with Crippen LogP contribution >= 0.6 is 0 Å². The Kier molecular flexibility index (Phi) is 5.17. The lowest BCUT2D eigenvalue weighted by Gasteiger charge is -2.13. The van der Waals surface area contributed by atoms with Crippen LogP contribution in [0.5, 0.6) is 5.75 Å². The van der Waals surface area contributed by atoms with Gasteiger partial charge in [0, 0.05) is 45.7 Å². The van der Waals surface area contributed by atoms with E-state index in [1.54, 1.807) is 6.20 Å². The van der Waals surface area contributed by atoms with Gasteiger partial charge in [-0.2, -0.15) is 0 Å². The van der Waals surface area contributed by atoms with Crippen molar-refractivity contribution in [2.24, 2.45) is 5.73 Å². The Hall–Kier alpha value is -4.22. The maximum absolute atomic E-state index is 6.40. The molecule has 0 bridgehead atoms. The average molecular weight is 445 g/mol. The van der Waals surface area contributed by atoms with Crippen molar-refractivity contribution >= 4 is 32.7 Å². The molecule has 0 fully saturated rings. The third kappa shape index (κ3) is 3.98. The summed E-state index contributed by atoms with van der Waals surface area (Å²) in [6, 6.07) is 26.7. The number of benzene rings is 3. The fraction of sp³-hybridized carbons (Fsp3) is 0.103. The minimum Gasteiger partial charge on any atom is -0.490 e. The Labute approximate surface area is 197 Å². The number of fused-ring (bicyclic) bond motifs is 3. The number of nitrogens with one attached hydrogen (secondary N) is 1. The second-order valence-corrected chi connectivity index (χ2v) is 8.63. The van der Waals surface area contributed by atoms with Crippen LogP contribution in [-0.4, -0.2) is 27.6 Å². The molecule has 0 aliphatic rings. The van der Waals surface area contributed by atoms with E-state index < -0.39 is 0 Å². The number of pyridine rings is 2. The van der Waals surface area contributed by atoms with Crippen molar-refractivity contribution in [3.05, 3.63) is 103 Å². The molecule has 1 atom stereocenters. The second-order valence-electron chi connectivity index (χ2n) is 8.63. The molecular formula is C29H24N4O. The lowest BCUT2D eigenvalue weighted by atomic mass is 10.0. The van der Waals surface area contributed by atoms with Crippen LogP contribution in [0, 0.1) is 0 Å². The number of aromatic nitrogens is 3. The maximum Gasteiger partial charge on any atom is 0.138 e. The molecule has 0 spiro atoms. The lowest BCUT2D eigenvalue weighted by Crippen LogP contribution is -2.30. The van der Waals surface area contributed by atoms with Crippen molar-refractivity contribution in [2.75, 3.05) is 6.61 Å². The molecule has 0 saturated heterocycles. The van der Waals surface area contributed by atoms with Gasteiger partial charge in [0.05, 0.1) is 17.2 Å². The normalized spacial score (nSPS) is 12.4. The molecule has 5 nitrogen and oxygen atoms in total. The van der Waals surface area contributed by atoms with Gasteiger partial charge in [0.2, 0.25) is 0 Å². The molecule has 0 aliphatic carbocycles. The van der Waals surface area contributed by atoms with Gasteiger partial charge in [0.25, 0.3) is 0 Å². The number of rotatable bonds is 6. The molecule has 5 heteroatoms. The number of nitrogens with zero attached hydrogens (tertiary/aromatic N) is 2. The monoisotopic (exact) mass is 444 g/mol. The molecule has 0 amide bonds. The van der Waals surface area contributed by atoms with Crippen LogP contribution in [0.15, 0.2) is 97.5 Å². The van der Waals surface area contributed by atoms with Gasteiger partial charge >= 0.3 is 0 Å². The van der Waals surface area contributed by atoms with Gasteiger partial charge in [-0.05, 0) is 53.9 Å². The molecule has 3 aromatic heterocycles. The van der Waals surface area contributed by atoms with Crippen molar-refractivity contribution in [1.82, 2.24) is 15.0 Å².